The molecule has 0 saturated heterocycles. The molecule has 6 rings (SSSR count). The summed E-state index contributed by atoms with van der Waals surface area (Å²) in [7, 11) is -3.98. The summed E-state index contributed by atoms with van der Waals surface area (Å²) in [6.07, 6.45) is 3.81. The van der Waals surface area contributed by atoms with Crippen molar-refractivity contribution in [2.75, 3.05) is 0 Å². The van der Waals surface area contributed by atoms with E-state index in [9.17, 15) is 13.2 Å². The average Bonchev–Trinajstić information content (AvgIpc) is 3.53. The number of nitrogens with zero attached hydrogens (tertiary/aromatic N) is 3. The van der Waals surface area contributed by atoms with Crippen molar-refractivity contribution in [3.8, 4) is 22.4 Å². The first kappa shape index (κ1) is 24.0. The smallest absolute Gasteiger partial charge is 0.269 e. The van der Waals surface area contributed by atoms with Crippen LogP contribution >= 0.6 is 0 Å². The second kappa shape index (κ2) is 9.19. The highest BCUT2D eigenvalue weighted by Gasteiger charge is 2.26. The van der Waals surface area contributed by atoms with E-state index in [4.69, 9.17) is 0 Å². The number of carbonyl (C=O) groups excluding carboxylic acids is 1. The van der Waals surface area contributed by atoms with Crippen LogP contribution in [0.5, 0.6) is 0 Å². The minimum Gasteiger partial charge on any atom is -0.300 e. The lowest BCUT2D eigenvalue weighted by Gasteiger charge is -2.13. The van der Waals surface area contributed by atoms with Crippen molar-refractivity contribution in [1.82, 2.24) is 8.96 Å². The third-order valence-electron chi connectivity index (χ3n) is 6.84. The fourth-order valence-corrected chi connectivity index (χ4v) is 6.47. The highest BCUT2D eigenvalue weighted by Crippen LogP contribution is 2.37. The van der Waals surface area contributed by atoms with Crippen LogP contribution in [0.1, 0.15) is 29.2 Å². The molecule has 0 bridgehead atoms. The number of fused-ring (bicyclic) bond motifs is 2. The van der Waals surface area contributed by atoms with Crippen LogP contribution in [-0.4, -0.2) is 29.4 Å². The van der Waals surface area contributed by atoms with Crippen molar-refractivity contribution in [2.45, 2.75) is 31.7 Å². The van der Waals surface area contributed by atoms with Crippen molar-refractivity contribution in [1.29, 1.82) is 0 Å². The Kier molecular flexibility index (Phi) is 5.80. The molecular formula is C31H25N3O3S. The second-order valence-corrected chi connectivity index (χ2v) is 11.5. The number of Topliss-reactive ketones (excluding diaryl/α,β-unsaturated/α-hetero) is 1. The zero-order chi connectivity index (χ0) is 26.4. The normalized spacial score (nSPS) is 12.7. The summed E-state index contributed by atoms with van der Waals surface area (Å²) >= 11 is 0. The molecule has 0 N–H and O–H groups in total. The number of hydrogen-bond acceptors (Lipinski definition) is 5. The van der Waals surface area contributed by atoms with Gasteiger partial charge in [0.2, 0.25) is 0 Å². The quantitative estimate of drug-likeness (QED) is 0.276. The van der Waals surface area contributed by atoms with Gasteiger partial charge >= 0.3 is 0 Å². The second-order valence-electron chi connectivity index (χ2n) is 9.67. The SMILES string of the molecule is CC(=O)Cc1cccc(-c2ccnc3c2cc(-c2ccc4c(c2)CN=C4)n3S(=O)(=O)c2ccc(C)cc2)c1. The van der Waals surface area contributed by atoms with Crippen LogP contribution in [0.25, 0.3) is 33.4 Å². The molecule has 1 aliphatic rings. The number of benzene rings is 3. The molecule has 2 aromatic heterocycles. The molecule has 5 aromatic rings. The fraction of sp³-hybridized carbons (Fsp3) is 0.129. The monoisotopic (exact) mass is 519 g/mol. The van der Waals surface area contributed by atoms with E-state index < -0.39 is 10.0 Å². The Labute approximate surface area is 221 Å². The molecule has 0 radical (unpaired) electrons. The van der Waals surface area contributed by atoms with Gasteiger partial charge in [0.25, 0.3) is 10.0 Å². The molecule has 6 nitrogen and oxygen atoms in total. The summed E-state index contributed by atoms with van der Waals surface area (Å²) in [4.78, 5) is 20.9. The van der Waals surface area contributed by atoms with E-state index >= 15 is 0 Å². The maximum absolute atomic E-state index is 14.1. The van der Waals surface area contributed by atoms with Crippen molar-refractivity contribution in [3.63, 3.8) is 0 Å². The van der Waals surface area contributed by atoms with Gasteiger partial charge in [0.15, 0.2) is 5.65 Å². The van der Waals surface area contributed by atoms with Gasteiger partial charge in [-0.05, 0) is 77.6 Å². The van der Waals surface area contributed by atoms with E-state index in [2.05, 4.69) is 9.98 Å². The minimum atomic E-state index is -3.98. The average molecular weight is 520 g/mol. The Morgan fingerprint density at radius 1 is 0.947 bits per heavy atom. The molecule has 188 valence electrons. The number of aryl methyl sites for hydroxylation is 1. The third kappa shape index (κ3) is 4.15. The van der Waals surface area contributed by atoms with Crippen LogP contribution in [0.4, 0.5) is 0 Å². The first-order valence-corrected chi connectivity index (χ1v) is 13.8. The van der Waals surface area contributed by atoms with Crippen LogP contribution in [0.2, 0.25) is 0 Å². The molecule has 1 aliphatic heterocycles. The highest BCUT2D eigenvalue weighted by molar-refractivity contribution is 7.90. The van der Waals surface area contributed by atoms with Crippen molar-refractivity contribution in [2.24, 2.45) is 4.99 Å². The maximum atomic E-state index is 14.1. The van der Waals surface area contributed by atoms with E-state index in [0.29, 0.717) is 24.3 Å². The van der Waals surface area contributed by atoms with Crippen LogP contribution in [0.3, 0.4) is 0 Å². The first-order valence-electron chi connectivity index (χ1n) is 12.4. The third-order valence-corrected chi connectivity index (χ3v) is 8.56. The van der Waals surface area contributed by atoms with Gasteiger partial charge in [-0.2, -0.15) is 0 Å². The standard InChI is InChI=1S/C31H25N3O3S/c1-20-6-10-27(11-7-20)38(36,37)34-30(24-8-9-25-18-32-19-26(25)16-24)17-29-28(12-13-33-31(29)34)23-5-3-4-22(15-23)14-21(2)35/h3-13,15-18H,14,19H2,1-2H3. The van der Waals surface area contributed by atoms with Crippen molar-refractivity contribution in [3.05, 3.63) is 107 Å². The molecule has 7 heteroatoms. The van der Waals surface area contributed by atoms with Gasteiger partial charge in [0.1, 0.15) is 5.78 Å². The predicted molar refractivity (Wildman–Crippen MR) is 150 cm³/mol. The lowest BCUT2D eigenvalue weighted by molar-refractivity contribution is -0.116. The summed E-state index contributed by atoms with van der Waals surface area (Å²) in [6.45, 7) is 4.06. The summed E-state index contributed by atoms with van der Waals surface area (Å²) in [5, 5.41) is 0.718. The molecule has 38 heavy (non-hydrogen) atoms. The van der Waals surface area contributed by atoms with Crippen LogP contribution < -0.4 is 0 Å². The number of aromatic nitrogens is 2. The van der Waals surface area contributed by atoms with Gasteiger partial charge in [0.05, 0.1) is 17.1 Å². The number of ketones is 1. The summed E-state index contributed by atoms with van der Waals surface area (Å²) in [6, 6.07) is 24.3. The number of carbonyl (C=O) groups is 1. The van der Waals surface area contributed by atoms with Gasteiger partial charge < -0.3 is 0 Å². The predicted octanol–water partition coefficient (Wildman–Crippen LogP) is 5.98. The van der Waals surface area contributed by atoms with Gasteiger partial charge in [-0.15, -0.1) is 0 Å². The van der Waals surface area contributed by atoms with E-state index in [1.165, 1.54) is 3.97 Å². The van der Waals surface area contributed by atoms with Gasteiger partial charge in [-0.3, -0.25) is 9.79 Å². The Morgan fingerprint density at radius 2 is 1.76 bits per heavy atom. The van der Waals surface area contributed by atoms with E-state index in [-0.39, 0.29) is 10.7 Å². The maximum Gasteiger partial charge on any atom is 0.269 e. The molecule has 3 heterocycles. The van der Waals surface area contributed by atoms with Crippen LogP contribution in [-0.2, 0) is 27.8 Å². The summed E-state index contributed by atoms with van der Waals surface area (Å²) < 4.78 is 29.6. The van der Waals surface area contributed by atoms with E-state index in [1.807, 2.05) is 67.7 Å². The molecule has 0 atom stereocenters. The van der Waals surface area contributed by atoms with Gasteiger partial charge in [0, 0.05) is 24.2 Å². The number of aliphatic imine (C=N–C) groups is 1. The van der Waals surface area contributed by atoms with Crippen molar-refractivity contribution < 1.29 is 13.2 Å². The fourth-order valence-electron chi connectivity index (χ4n) is 4.99. The topological polar surface area (TPSA) is 81.4 Å². The molecule has 0 saturated carbocycles. The van der Waals surface area contributed by atoms with Crippen LogP contribution in [0.15, 0.2) is 94.9 Å². The van der Waals surface area contributed by atoms with Gasteiger partial charge in [-0.1, -0.05) is 54.1 Å². The van der Waals surface area contributed by atoms with Crippen molar-refractivity contribution >= 4 is 33.1 Å². The van der Waals surface area contributed by atoms with Gasteiger partial charge in [-0.25, -0.2) is 17.4 Å². The molecular weight excluding hydrogens is 494 g/mol. The van der Waals surface area contributed by atoms with E-state index in [1.54, 1.807) is 37.4 Å². The lowest BCUT2D eigenvalue weighted by Crippen LogP contribution is -2.15. The zero-order valence-corrected chi connectivity index (χ0v) is 21.9. The Hall–Kier alpha value is -4.36. The molecule has 0 fully saturated rings. The number of rotatable bonds is 6. The Morgan fingerprint density at radius 3 is 2.55 bits per heavy atom. The van der Waals surface area contributed by atoms with E-state index in [0.717, 1.165) is 44.3 Å². The number of pyridine rings is 1. The molecule has 0 unspecified atom stereocenters. The Bertz CT molecular complexity index is 1870. The molecule has 0 aliphatic carbocycles. The highest BCUT2D eigenvalue weighted by atomic mass is 32.2. The number of hydrogen-bond donors (Lipinski definition) is 0. The molecule has 0 amide bonds. The largest absolute Gasteiger partial charge is 0.300 e. The van der Waals surface area contributed by atoms with Crippen LogP contribution in [0, 0.1) is 6.92 Å². The molecule has 3 aromatic carbocycles. The minimum absolute atomic E-state index is 0.0836. The first-order chi connectivity index (χ1) is 18.3. The zero-order valence-electron chi connectivity index (χ0n) is 21.0. The summed E-state index contributed by atoms with van der Waals surface area (Å²) in [5.41, 5.74) is 7.40. The Balaban J connectivity index is 1.62. The molecule has 0 spiro atoms. The summed E-state index contributed by atoms with van der Waals surface area (Å²) in [5.74, 6) is 0.0836. The lowest BCUT2D eigenvalue weighted by atomic mass is 9.99.